The summed E-state index contributed by atoms with van der Waals surface area (Å²) < 4.78 is 48.2. The zero-order chi connectivity index (χ0) is 11.8. The maximum Gasteiger partial charge on any atom is 0.238 e. The third-order valence-corrected chi connectivity index (χ3v) is 6.85. The van der Waals surface area contributed by atoms with Gasteiger partial charge in [0.1, 0.15) is 0 Å². The molecule has 2 rings (SSSR count). The van der Waals surface area contributed by atoms with Crippen LogP contribution in [0.3, 0.4) is 0 Å². The molecule has 1 unspecified atom stereocenters. The van der Waals surface area contributed by atoms with Gasteiger partial charge in [-0.05, 0) is 6.42 Å². The normalized spacial score (nSPS) is 24.4. The molecular formula is C7H10N2O4S3. The standard InChI is InChI=1S/C7H10N2O4S3/c10-15(11)4-1-6(5-15)16(12,13)9-7-8-2-3-14-7/h2-3,6H,1,4-5H2,(H,8,9). The zero-order valence-corrected chi connectivity index (χ0v) is 10.6. The molecule has 1 saturated heterocycles. The highest BCUT2D eigenvalue weighted by Gasteiger charge is 2.37. The molecule has 0 radical (unpaired) electrons. The number of thiazole rings is 1. The van der Waals surface area contributed by atoms with Gasteiger partial charge in [0, 0.05) is 11.6 Å². The molecule has 1 aliphatic rings. The molecule has 16 heavy (non-hydrogen) atoms. The summed E-state index contributed by atoms with van der Waals surface area (Å²) in [6.07, 6.45) is 1.64. The topological polar surface area (TPSA) is 93.2 Å². The lowest BCUT2D eigenvalue weighted by molar-refractivity contribution is 0.587. The van der Waals surface area contributed by atoms with Crippen molar-refractivity contribution in [3.05, 3.63) is 11.6 Å². The summed E-state index contributed by atoms with van der Waals surface area (Å²) in [5, 5.41) is 1.05. The summed E-state index contributed by atoms with van der Waals surface area (Å²) >= 11 is 1.16. The van der Waals surface area contributed by atoms with Crippen molar-refractivity contribution in [1.29, 1.82) is 0 Å². The number of hydrogen-bond donors (Lipinski definition) is 1. The molecule has 9 heteroatoms. The Kier molecular flexibility index (Phi) is 2.93. The average Bonchev–Trinajstić information content (AvgIpc) is 2.74. The minimum absolute atomic E-state index is 0.0591. The molecule has 0 saturated carbocycles. The molecule has 0 aromatic carbocycles. The first-order chi connectivity index (χ1) is 7.39. The minimum atomic E-state index is -3.64. The van der Waals surface area contributed by atoms with Crippen LogP contribution in [-0.2, 0) is 19.9 Å². The number of rotatable bonds is 3. The number of aromatic nitrogens is 1. The van der Waals surface area contributed by atoms with Gasteiger partial charge in [-0.25, -0.2) is 21.8 Å². The number of sulfonamides is 1. The Morgan fingerprint density at radius 1 is 1.50 bits per heavy atom. The van der Waals surface area contributed by atoms with E-state index in [1.165, 1.54) is 6.20 Å². The van der Waals surface area contributed by atoms with E-state index in [1.807, 2.05) is 0 Å². The molecule has 1 aromatic rings. The SMILES string of the molecule is O=S1(=O)CCC(S(=O)(=O)Nc2nccs2)C1. The molecule has 1 atom stereocenters. The highest BCUT2D eigenvalue weighted by Crippen LogP contribution is 2.22. The van der Waals surface area contributed by atoms with E-state index in [1.54, 1.807) is 5.38 Å². The summed E-state index contributed by atoms with van der Waals surface area (Å²) in [6, 6.07) is 0. The van der Waals surface area contributed by atoms with Gasteiger partial charge in [0.2, 0.25) is 10.0 Å². The number of anilines is 1. The largest absolute Gasteiger partial charge is 0.258 e. The van der Waals surface area contributed by atoms with E-state index in [9.17, 15) is 16.8 Å². The number of nitrogens with one attached hydrogen (secondary N) is 1. The van der Waals surface area contributed by atoms with Crippen molar-refractivity contribution in [2.75, 3.05) is 16.2 Å². The Balaban J connectivity index is 2.15. The second kappa shape index (κ2) is 3.97. The fourth-order valence-corrected chi connectivity index (χ4v) is 6.32. The lowest BCUT2D eigenvalue weighted by atomic mass is 10.4. The molecule has 2 heterocycles. The summed E-state index contributed by atoms with van der Waals surface area (Å²) in [5.74, 6) is -0.357. The molecule has 1 N–H and O–H groups in total. The monoisotopic (exact) mass is 282 g/mol. The zero-order valence-electron chi connectivity index (χ0n) is 8.16. The van der Waals surface area contributed by atoms with Gasteiger partial charge in [0.05, 0.1) is 16.8 Å². The summed E-state index contributed by atoms with van der Waals surface area (Å²) in [4.78, 5) is 3.79. The predicted octanol–water partition coefficient (Wildman–Crippen LogP) is 0.0719. The van der Waals surface area contributed by atoms with Crippen LogP contribution in [0.2, 0.25) is 0 Å². The maximum atomic E-state index is 11.8. The molecule has 0 amide bonds. The van der Waals surface area contributed by atoms with Gasteiger partial charge >= 0.3 is 0 Å². The Morgan fingerprint density at radius 2 is 2.25 bits per heavy atom. The highest BCUT2D eigenvalue weighted by molar-refractivity contribution is 7.97. The summed E-state index contributed by atoms with van der Waals surface area (Å²) in [6.45, 7) is 0. The van der Waals surface area contributed by atoms with Crippen molar-refractivity contribution < 1.29 is 16.8 Å². The van der Waals surface area contributed by atoms with E-state index in [2.05, 4.69) is 9.71 Å². The van der Waals surface area contributed by atoms with Crippen molar-refractivity contribution in [1.82, 2.24) is 4.98 Å². The second-order valence-electron chi connectivity index (χ2n) is 3.51. The number of hydrogen-bond acceptors (Lipinski definition) is 6. The average molecular weight is 282 g/mol. The molecule has 0 spiro atoms. The Bertz CT molecular complexity index is 561. The fraction of sp³-hybridized carbons (Fsp3) is 0.571. The molecule has 1 fully saturated rings. The van der Waals surface area contributed by atoms with E-state index < -0.39 is 25.1 Å². The number of sulfone groups is 1. The Morgan fingerprint density at radius 3 is 2.75 bits per heavy atom. The van der Waals surface area contributed by atoms with Crippen molar-refractivity contribution >= 4 is 36.3 Å². The van der Waals surface area contributed by atoms with Gasteiger partial charge in [-0.15, -0.1) is 11.3 Å². The quantitative estimate of drug-likeness (QED) is 0.847. The molecule has 6 nitrogen and oxygen atoms in total. The van der Waals surface area contributed by atoms with Crippen molar-refractivity contribution in [2.45, 2.75) is 11.7 Å². The van der Waals surface area contributed by atoms with Gasteiger partial charge in [-0.1, -0.05) is 0 Å². The van der Waals surface area contributed by atoms with Crippen LogP contribution in [0.25, 0.3) is 0 Å². The fourth-order valence-electron chi connectivity index (χ4n) is 1.48. The van der Waals surface area contributed by atoms with Crippen LogP contribution < -0.4 is 4.72 Å². The molecule has 1 aliphatic heterocycles. The third-order valence-electron chi connectivity index (χ3n) is 2.29. The van der Waals surface area contributed by atoms with Crippen LogP contribution in [0.15, 0.2) is 11.6 Å². The first-order valence-electron chi connectivity index (χ1n) is 4.51. The van der Waals surface area contributed by atoms with Gasteiger partial charge in [0.15, 0.2) is 15.0 Å². The lowest BCUT2D eigenvalue weighted by Crippen LogP contribution is -2.28. The van der Waals surface area contributed by atoms with Crippen LogP contribution in [0.4, 0.5) is 5.13 Å². The summed E-state index contributed by atoms with van der Waals surface area (Å²) in [5.41, 5.74) is 0. The minimum Gasteiger partial charge on any atom is -0.258 e. The molecular weight excluding hydrogens is 272 g/mol. The first-order valence-corrected chi connectivity index (χ1v) is 8.75. The van der Waals surface area contributed by atoms with Crippen molar-refractivity contribution in [3.8, 4) is 0 Å². The van der Waals surface area contributed by atoms with Gasteiger partial charge < -0.3 is 0 Å². The molecule has 0 aliphatic carbocycles. The van der Waals surface area contributed by atoms with E-state index in [0.29, 0.717) is 0 Å². The Hall–Kier alpha value is -0.670. The first kappa shape index (κ1) is 11.8. The van der Waals surface area contributed by atoms with Crippen molar-refractivity contribution in [3.63, 3.8) is 0 Å². The van der Waals surface area contributed by atoms with E-state index in [0.717, 1.165) is 11.3 Å². The third kappa shape index (κ3) is 2.53. The molecule has 90 valence electrons. The molecule has 1 aromatic heterocycles. The Labute approximate surface area is 97.7 Å². The van der Waals surface area contributed by atoms with Crippen LogP contribution in [0, 0.1) is 0 Å². The highest BCUT2D eigenvalue weighted by atomic mass is 32.2. The van der Waals surface area contributed by atoms with Gasteiger partial charge in [0.25, 0.3) is 0 Å². The smallest absolute Gasteiger partial charge is 0.238 e. The maximum absolute atomic E-state index is 11.8. The number of nitrogens with zero attached hydrogens (tertiary/aromatic N) is 1. The van der Waals surface area contributed by atoms with Crippen LogP contribution in [0.1, 0.15) is 6.42 Å². The van der Waals surface area contributed by atoms with Crippen LogP contribution in [-0.4, -0.2) is 38.6 Å². The van der Waals surface area contributed by atoms with Gasteiger partial charge in [-0.3, -0.25) is 4.72 Å². The van der Waals surface area contributed by atoms with E-state index >= 15 is 0 Å². The predicted molar refractivity (Wildman–Crippen MR) is 61.7 cm³/mol. The van der Waals surface area contributed by atoms with Crippen LogP contribution >= 0.6 is 11.3 Å². The van der Waals surface area contributed by atoms with Gasteiger partial charge in [-0.2, -0.15) is 0 Å². The summed E-state index contributed by atoms with van der Waals surface area (Å²) in [7, 11) is -6.83. The van der Waals surface area contributed by atoms with Crippen LogP contribution in [0.5, 0.6) is 0 Å². The van der Waals surface area contributed by atoms with E-state index in [4.69, 9.17) is 0 Å². The lowest BCUT2D eigenvalue weighted by Gasteiger charge is -2.09. The van der Waals surface area contributed by atoms with Crippen molar-refractivity contribution in [2.24, 2.45) is 0 Å². The molecule has 0 bridgehead atoms. The second-order valence-corrected chi connectivity index (χ2v) is 8.59. The van der Waals surface area contributed by atoms with E-state index in [-0.39, 0.29) is 23.1 Å².